The quantitative estimate of drug-likeness (QED) is 0.742. The zero-order chi connectivity index (χ0) is 15.8. The van der Waals surface area contributed by atoms with Crippen LogP contribution in [0.5, 0.6) is 5.75 Å². The highest BCUT2D eigenvalue weighted by Crippen LogP contribution is 2.28. The van der Waals surface area contributed by atoms with Crippen LogP contribution in [0.15, 0.2) is 30.5 Å². The van der Waals surface area contributed by atoms with Crippen molar-refractivity contribution in [2.75, 3.05) is 25.1 Å². The molecule has 3 heterocycles. The van der Waals surface area contributed by atoms with Crippen LogP contribution in [0.1, 0.15) is 26.2 Å². The molecule has 0 amide bonds. The fraction of sp³-hybridized carbons (Fsp3) is 0.444. The summed E-state index contributed by atoms with van der Waals surface area (Å²) in [5.74, 6) is 3.46. The van der Waals surface area contributed by atoms with E-state index in [4.69, 9.17) is 9.72 Å². The molecule has 0 radical (unpaired) electrons. The summed E-state index contributed by atoms with van der Waals surface area (Å²) in [5.41, 5.74) is 1.90. The largest absolute Gasteiger partial charge is 0.494 e. The van der Waals surface area contributed by atoms with Gasteiger partial charge in [-0.15, -0.1) is 0 Å². The number of hydrogen-bond donors (Lipinski definition) is 0. The van der Waals surface area contributed by atoms with Gasteiger partial charge in [0.1, 0.15) is 17.1 Å². The first-order chi connectivity index (χ1) is 11.3. The Labute approximate surface area is 135 Å². The lowest BCUT2D eigenvalue weighted by Gasteiger charge is -2.32. The van der Waals surface area contributed by atoms with Gasteiger partial charge in [0.2, 0.25) is 5.78 Å². The van der Waals surface area contributed by atoms with Crippen LogP contribution in [-0.2, 0) is 0 Å². The van der Waals surface area contributed by atoms with Gasteiger partial charge >= 0.3 is 0 Å². The van der Waals surface area contributed by atoms with Crippen molar-refractivity contribution >= 4 is 22.6 Å². The molecule has 4 rings (SSSR count). The molecule has 0 unspecified atom stereocenters. The third-order valence-corrected chi connectivity index (χ3v) is 4.98. The molecular weight excluding hydrogens is 288 g/mol. The maximum atomic E-state index is 5.47. The minimum atomic E-state index is 0.736. The Bertz CT molecular complexity index is 834. The third-order valence-electron chi connectivity index (χ3n) is 4.98. The number of fused-ring (bicyclic) bond motifs is 3. The van der Waals surface area contributed by atoms with E-state index in [2.05, 4.69) is 29.1 Å². The summed E-state index contributed by atoms with van der Waals surface area (Å²) in [6, 6.07) is 8.01. The number of nitrogens with zero attached hydrogens (tertiary/aromatic N) is 4. The Morgan fingerprint density at radius 1 is 1.17 bits per heavy atom. The Morgan fingerprint density at radius 3 is 2.74 bits per heavy atom. The standard InChI is InChI=1S/C18H22N4O/c1-3-13-7-10-21(11-8-13)16-9-12-22-17-14(19-18(22)20-16)5-4-6-15(17)23-2/h4-6,9,12-13H,3,7-8,10-11H2,1-2H3. The van der Waals surface area contributed by atoms with Gasteiger partial charge < -0.3 is 9.64 Å². The van der Waals surface area contributed by atoms with Gasteiger partial charge in [-0.1, -0.05) is 19.4 Å². The van der Waals surface area contributed by atoms with Crippen LogP contribution >= 0.6 is 0 Å². The van der Waals surface area contributed by atoms with Crippen LogP contribution in [0.2, 0.25) is 0 Å². The summed E-state index contributed by atoms with van der Waals surface area (Å²) in [6.07, 6.45) is 5.86. The van der Waals surface area contributed by atoms with E-state index in [1.807, 2.05) is 22.6 Å². The number of ether oxygens (including phenoxy) is 1. The highest BCUT2D eigenvalue weighted by atomic mass is 16.5. The summed E-state index contributed by atoms with van der Waals surface area (Å²) in [4.78, 5) is 11.8. The Morgan fingerprint density at radius 2 is 2.00 bits per heavy atom. The van der Waals surface area contributed by atoms with Gasteiger partial charge in [-0.2, -0.15) is 4.98 Å². The topological polar surface area (TPSA) is 42.7 Å². The van der Waals surface area contributed by atoms with Crippen molar-refractivity contribution in [1.29, 1.82) is 0 Å². The van der Waals surface area contributed by atoms with Crippen molar-refractivity contribution in [2.24, 2.45) is 5.92 Å². The number of anilines is 1. The highest BCUT2D eigenvalue weighted by Gasteiger charge is 2.19. The summed E-state index contributed by atoms with van der Waals surface area (Å²) in [5, 5.41) is 0. The summed E-state index contributed by atoms with van der Waals surface area (Å²) in [7, 11) is 1.69. The number of methoxy groups -OCH3 is 1. The summed E-state index contributed by atoms with van der Waals surface area (Å²) in [6.45, 7) is 4.46. The molecule has 0 atom stereocenters. The first-order valence-corrected chi connectivity index (χ1v) is 8.37. The number of benzene rings is 1. The number of aromatic nitrogens is 3. The molecule has 1 aliphatic rings. The first kappa shape index (κ1) is 14.3. The van der Waals surface area contributed by atoms with E-state index in [1.54, 1.807) is 7.11 Å². The van der Waals surface area contributed by atoms with Gasteiger partial charge in [0.15, 0.2) is 0 Å². The van der Waals surface area contributed by atoms with Gasteiger partial charge in [-0.25, -0.2) is 4.98 Å². The molecular formula is C18H22N4O. The molecule has 1 aromatic carbocycles. The van der Waals surface area contributed by atoms with Gasteiger partial charge in [0, 0.05) is 19.3 Å². The molecule has 0 saturated carbocycles. The molecule has 1 aliphatic heterocycles. The lowest BCUT2D eigenvalue weighted by atomic mass is 9.94. The second-order valence-corrected chi connectivity index (χ2v) is 6.23. The summed E-state index contributed by atoms with van der Waals surface area (Å²) >= 11 is 0. The second kappa shape index (κ2) is 5.72. The molecule has 1 saturated heterocycles. The van der Waals surface area contributed by atoms with Gasteiger partial charge in [0.25, 0.3) is 0 Å². The van der Waals surface area contributed by atoms with Crippen molar-refractivity contribution in [3.05, 3.63) is 30.5 Å². The number of rotatable bonds is 3. The van der Waals surface area contributed by atoms with Gasteiger partial charge in [-0.3, -0.25) is 4.40 Å². The van der Waals surface area contributed by atoms with Crippen molar-refractivity contribution < 1.29 is 4.74 Å². The van der Waals surface area contributed by atoms with E-state index in [0.29, 0.717) is 0 Å². The number of hydrogen-bond acceptors (Lipinski definition) is 4. The highest BCUT2D eigenvalue weighted by molar-refractivity contribution is 5.85. The first-order valence-electron chi connectivity index (χ1n) is 8.37. The van der Waals surface area contributed by atoms with E-state index >= 15 is 0 Å². The number of imidazole rings is 1. The third kappa shape index (κ3) is 2.40. The van der Waals surface area contributed by atoms with E-state index in [1.165, 1.54) is 19.3 Å². The van der Waals surface area contributed by atoms with E-state index in [9.17, 15) is 0 Å². The molecule has 0 spiro atoms. The maximum Gasteiger partial charge on any atom is 0.236 e. The molecule has 120 valence electrons. The van der Waals surface area contributed by atoms with Gasteiger partial charge in [-0.05, 0) is 37.0 Å². The lowest BCUT2D eigenvalue weighted by molar-refractivity contribution is 0.394. The van der Waals surface area contributed by atoms with Crippen molar-refractivity contribution in [1.82, 2.24) is 14.4 Å². The SMILES string of the molecule is CCC1CCN(c2ccn3c(n2)nc2cccc(OC)c23)CC1. The molecule has 0 aliphatic carbocycles. The monoisotopic (exact) mass is 310 g/mol. The van der Waals surface area contributed by atoms with Crippen LogP contribution < -0.4 is 9.64 Å². The smallest absolute Gasteiger partial charge is 0.236 e. The summed E-state index contributed by atoms with van der Waals surface area (Å²) < 4.78 is 7.48. The predicted octanol–water partition coefficient (Wildman–Crippen LogP) is 3.52. The van der Waals surface area contributed by atoms with Crippen LogP contribution in [0.25, 0.3) is 16.8 Å². The Balaban J connectivity index is 1.73. The van der Waals surface area contributed by atoms with Crippen LogP contribution in [0.4, 0.5) is 5.82 Å². The lowest BCUT2D eigenvalue weighted by Crippen LogP contribution is -2.34. The average Bonchev–Trinajstić information content (AvgIpc) is 2.99. The molecule has 0 N–H and O–H groups in total. The normalized spacial score (nSPS) is 16.3. The molecule has 5 heteroatoms. The zero-order valence-corrected chi connectivity index (χ0v) is 13.7. The van der Waals surface area contributed by atoms with Crippen molar-refractivity contribution in [3.8, 4) is 5.75 Å². The van der Waals surface area contributed by atoms with Crippen LogP contribution in [0.3, 0.4) is 0 Å². The van der Waals surface area contributed by atoms with Crippen molar-refractivity contribution in [2.45, 2.75) is 26.2 Å². The van der Waals surface area contributed by atoms with Crippen LogP contribution in [-0.4, -0.2) is 34.6 Å². The fourth-order valence-corrected chi connectivity index (χ4v) is 3.52. The Hall–Kier alpha value is -2.30. The molecule has 23 heavy (non-hydrogen) atoms. The molecule has 5 nitrogen and oxygen atoms in total. The van der Waals surface area contributed by atoms with Crippen molar-refractivity contribution in [3.63, 3.8) is 0 Å². The molecule has 2 aromatic heterocycles. The van der Waals surface area contributed by atoms with Crippen LogP contribution in [0, 0.1) is 5.92 Å². The van der Waals surface area contributed by atoms with E-state index in [-0.39, 0.29) is 0 Å². The molecule has 1 fully saturated rings. The number of piperidine rings is 1. The average molecular weight is 310 g/mol. The van der Waals surface area contributed by atoms with E-state index in [0.717, 1.165) is 47.4 Å². The second-order valence-electron chi connectivity index (χ2n) is 6.23. The predicted molar refractivity (Wildman–Crippen MR) is 92.3 cm³/mol. The van der Waals surface area contributed by atoms with E-state index < -0.39 is 0 Å². The molecule has 0 bridgehead atoms. The minimum absolute atomic E-state index is 0.736. The van der Waals surface area contributed by atoms with Gasteiger partial charge in [0.05, 0.1) is 12.6 Å². The fourth-order valence-electron chi connectivity index (χ4n) is 3.52. The maximum absolute atomic E-state index is 5.47. The Kier molecular flexibility index (Phi) is 3.56. The minimum Gasteiger partial charge on any atom is -0.494 e. The number of para-hydroxylation sites is 1. The molecule has 3 aromatic rings. The zero-order valence-electron chi connectivity index (χ0n) is 13.7.